The zero-order valence-corrected chi connectivity index (χ0v) is 14.3. The average molecular weight is 364 g/mol. The van der Waals surface area contributed by atoms with E-state index >= 15 is 0 Å². The van der Waals surface area contributed by atoms with Crippen molar-refractivity contribution < 1.29 is 22.7 Å². The summed E-state index contributed by atoms with van der Waals surface area (Å²) in [7, 11) is 1.28. The molecule has 0 bridgehead atoms. The quantitative estimate of drug-likeness (QED) is 0.856. The summed E-state index contributed by atoms with van der Waals surface area (Å²) in [5.41, 5.74) is 0.00848. The SMILES string of the molecule is COc1cc(F)c(F)cc1-c1cc(NC(=O)C2CCCCC2)ncc1F. The van der Waals surface area contributed by atoms with E-state index in [0.717, 1.165) is 50.4 Å². The smallest absolute Gasteiger partial charge is 0.228 e. The first-order valence-electron chi connectivity index (χ1n) is 8.49. The van der Waals surface area contributed by atoms with E-state index < -0.39 is 17.5 Å². The molecule has 26 heavy (non-hydrogen) atoms. The Morgan fingerprint density at radius 3 is 2.42 bits per heavy atom. The number of halogens is 3. The topological polar surface area (TPSA) is 51.2 Å². The van der Waals surface area contributed by atoms with Crippen molar-refractivity contribution in [3.05, 3.63) is 41.8 Å². The minimum Gasteiger partial charge on any atom is -0.496 e. The lowest BCUT2D eigenvalue weighted by atomic mass is 9.89. The van der Waals surface area contributed by atoms with Gasteiger partial charge in [-0.1, -0.05) is 19.3 Å². The third-order valence-electron chi connectivity index (χ3n) is 4.62. The normalized spacial score (nSPS) is 14.9. The van der Waals surface area contributed by atoms with Crippen LogP contribution in [0.2, 0.25) is 0 Å². The standard InChI is InChI=1S/C19H19F3N2O2/c1-26-17-9-15(21)14(20)7-13(17)12-8-18(23-10-16(12)22)24-19(25)11-5-3-2-4-6-11/h7-11H,2-6H2,1H3,(H,23,24,25). The first kappa shape index (κ1) is 18.2. The lowest BCUT2D eigenvalue weighted by molar-refractivity contribution is -0.120. The minimum atomic E-state index is -1.12. The molecule has 138 valence electrons. The van der Waals surface area contributed by atoms with Gasteiger partial charge in [-0.2, -0.15) is 0 Å². The number of anilines is 1. The van der Waals surface area contributed by atoms with Gasteiger partial charge >= 0.3 is 0 Å². The third-order valence-corrected chi connectivity index (χ3v) is 4.62. The number of rotatable bonds is 4. The first-order valence-corrected chi connectivity index (χ1v) is 8.49. The second kappa shape index (κ2) is 7.76. The summed E-state index contributed by atoms with van der Waals surface area (Å²) >= 11 is 0. The Balaban J connectivity index is 1.91. The van der Waals surface area contributed by atoms with Gasteiger partial charge in [0, 0.05) is 23.1 Å². The van der Waals surface area contributed by atoms with E-state index in [2.05, 4.69) is 10.3 Å². The van der Waals surface area contributed by atoms with Crippen molar-refractivity contribution >= 4 is 11.7 Å². The zero-order valence-electron chi connectivity index (χ0n) is 14.3. The highest BCUT2D eigenvalue weighted by atomic mass is 19.2. The number of hydrogen-bond acceptors (Lipinski definition) is 3. The molecule has 0 atom stereocenters. The lowest BCUT2D eigenvalue weighted by Gasteiger charge is -2.20. The molecule has 4 nitrogen and oxygen atoms in total. The summed E-state index contributed by atoms with van der Waals surface area (Å²) in [4.78, 5) is 16.2. The fourth-order valence-corrected chi connectivity index (χ4v) is 3.21. The Labute approximate surface area is 149 Å². The van der Waals surface area contributed by atoms with Crippen molar-refractivity contribution in [3.8, 4) is 16.9 Å². The number of nitrogens with one attached hydrogen (secondary N) is 1. The van der Waals surface area contributed by atoms with Gasteiger partial charge in [0.1, 0.15) is 17.4 Å². The molecule has 0 radical (unpaired) electrons. The highest BCUT2D eigenvalue weighted by Crippen LogP contribution is 2.34. The highest BCUT2D eigenvalue weighted by molar-refractivity contribution is 5.92. The lowest BCUT2D eigenvalue weighted by Crippen LogP contribution is -2.25. The predicted octanol–water partition coefficient (Wildman–Crippen LogP) is 4.69. The molecule has 3 rings (SSSR count). The summed E-state index contributed by atoms with van der Waals surface area (Å²) in [6.07, 6.45) is 5.71. The van der Waals surface area contributed by atoms with Gasteiger partial charge in [0.25, 0.3) is 0 Å². The fraction of sp³-hybridized carbons (Fsp3) is 0.368. The van der Waals surface area contributed by atoms with Crippen LogP contribution in [0, 0.1) is 23.4 Å². The van der Waals surface area contributed by atoms with Crippen LogP contribution in [0.3, 0.4) is 0 Å². The Morgan fingerprint density at radius 1 is 1.04 bits per heavy atom. The Morgan fingerprint density at radius 2 is 1.73 bits per heavy atom. The molecule has 1 saturated carbocycles. The average Bonchev–Trinajstić information content (AvgIpc) is 2.66. The minimum absolute atomic E-state index is 0.0152. The molecule has 1 heterocycles. The summed E-state index contributed by atoms with van der Waals surface area (Å²) < 4.78 is 46.3. The second-order valence-corrected chi connectivity index (χ2v) is 6.34. The number of methoxy groups -OCH3 is 1. The van der Waals surface area contributed by atoms with Crippen LogP contribution < -0.4 is 10.1 Å². The van der Waals surface area contributed by atoms with E-state index in [4.69, 9.17) is 4.74 Å². The number of nitrogens with zero attached hydrogens (tertiary/aromatic N) is 1. The molecule has 0 saturated heterocycles. The fourth-order valence-electron chi connectivity index (χ4n) is 3.21. The Hall–Kier alpha value is -2.57. The van der Waals surface area contributed by atoms with Crippen LogP contribution in [0.25, 0.3) is 11.1 Å². The van der Waals surface area contributed by atoms with Gasteiger partial charge in [0.2, 0.25) is 5.91 Å². The largest absolute Gasteiger partial charge is 0.496 e. The predicted molar refractivity (Wildman–Crippen MR) is 91.3 cm³/mol. The van der Waals surface area contributed by atoms with Crippen LogP contribution in [0.5, 0.6) is 5.75 Å². The van der Waals surface area contributed by atoms with Crippen LogP contribution in [0.1, 0.15) is 32.1 Å². The van der Waals surface area contributed by atoms with Crippen LogP contribution in [-0.4, -0.2) is 18.0 Å². The number of carbonyl (C=O) groups is 1. The van der Waals surface area contributed by atoms with Gasteiger partial charge in [0.05, 0.1) is 13.3 Å². The van der Waals surface area contributed by atoms with Crippen molar-refractivity contribution in [1.29, 1.82) is 0 Å². The van der Waals surface area contributed by atoms with Crippen LogP contribution in [-0.2, 0) is 4.79 Å². The monoisotopic (exact) mass is 364 g/mol. The second-order valence-electron chi connectivity index (χ2n) is 6.34. The van der Waals surface area contributed by atoms with Gasteiger partial charge in [-0.15, -0.1) is 0 Å². The molecule has 1 N–H and O–H groups in total. The number of pyridine rings is 1. The van der Waals surface area contributed by atoms with Crippen molar-refractivity contribution in [2.24, 2.45) is 5.92 Å². The van der Waals surface area contributed by atoms with E-state index in [1.807, 2.05) is 0 Å². The molecule has 2 aromatic rings. The molecule has 0 spiro atoms. The number of aromatic nitrogens is 1. The molecular weight excluding hydrogens is 345 g/mol. The highest BCUT2D eigenvalue weighted by Gasteiger charge is 2.22. The Kier molecular flexibility index (Phi) is 5.44. The maximum absolute atomic E-state index is 14.2. The number of ether oxygens (including phenoxy) is 1. The van der Waals surface area contributed by atoms with E-state index in [0.29, 0.717) is 0 Å². The maximum atomic E-state index is 14.2. The molecule has 0 aliphatic heterocycles. The number of hydrogen-bond donors (Lipinski definition) is 1. The Bertz CT molecular complexity index is 821. The van der Waals surface area contributed by atoms with Gasteiger partial charge in [0.15, 0.2) is 11.6 Å². The molecule has 1 aromatic carbocycles. The van der Waals surface area contributed by atoms with Gasteiger partial charge in [-0.05, 0) is 25.0 Å². The third kappa shape index (κ3) is 3.81. The molecule has 1 aliphatic carbocycles. The molecule has 0 unspecified atom stereocenters. The van der Waals surface area contributed by atoms with Gasteiger partial charge < -0.3 is 10.1 Å². The summed E-state index contributed by atoms with van der Waals surface area (Å²) in [5.74, 6) is -3.05. The number of carbonyl (C=O) groups excluding carboxylic acids is 1. The van der Waals surface area contributed by atoms with E-state index in [-0.39, 0.29) is 34.5 Å². The zero-order chi connectivity index (χ0) is 18.7. The van der Waals surface area contributed by atoms with E-state index in [1.54, 1.807) is 0 Å². The summed E-state index contributed by atoms with van der Waals surface area (Å²) in [6.45, 7) is 0. The molecule has 7 heteroatoms. The molecule has 1 aliphatic rings. The first-order chi connectivity index (χ1) is 12.5. The van der Waals surface area contributed by atoms with Crippen molar-refractivity contribution in [3.63, 3.8) is 0 Å². The van der Waals surface area contributed by atoms with Gasteiger partial charge in [-0.3, -0.25) is 4.79 Å². The number of amides is 1. The van der Waals surface area contributed by atoms with Crippen LogP contribution in [0.15, 0.2) is 24.4 Å². The molecule has 1 fully saturated rings. The van der Waals surface area contributed by atoms with Crippen LogP contribution >= 0.6 is 0 Å². The van der Waals surface area contributed by atoms with Crippen molar-refractivity contribution in [1.82, 2.24) is 4.98 Å². The van der Waals surface area contributed by atoms with Gasteiger partial charge in [-0.25, -0.2) is 18.2 Å². The summed E-state index contributed by atoms with van der Waals surface area (Å²) in [6, 6.07) is 3.01. The van der Waals surface area contributed by atoms with Crippen molar-refractivity contribution in [2.75, 3.05) is 12.4 Å². The molecule has 1 amide bonds. The summed E-state index contributed by atoms with van der Waals surface area (Å²) in [5, 5.41) is 2.69. The van der Waals surface area contributed by atoms with E-state index in [1.165, 1.54) is 13.2 Å². The molecular formula is C19H19F3N2O2. The maximum Gasteiger partial charge on any atom is 0.228 e. The molecule has 1 aromatic heterocycles. The van der Waals surface area contributed by atoms with Crippen LogP contribution in [0.4, 0.5) is 19.0 Å². The number of benzene rings is 1. The van der Waals surface area contributed by atoms with E-state index in [9.17, 15) is 18.0 Å². The van der Waals surface area contributed by atoms with Crippen molar-refractivity contribution in [2.45, 2.75) is 32.1 Å².